The molecule has 2 aromatic heterocycles. The van der Waals surface area contributed by atoms with Gasteiger partial charge in [0.2, 0.25) is 0 Å². The number of benzene rings is 1. The zero-order valence-electron chi connectivity index (χ0n) is 15.7. The van der Waals surface area contributed by atoms with Crippen molar-refractivity contribution in [3.05, 3.63) is 83.9 Å². The molecule has 0 aliphatic heterocycles. The summed E-state index contributed by atoms with van der Waals surface area (Å²) >= 11 is 0. The van der Waals surface area contributed by atoms with Crippen molar-refractivity contribution >= 4 is 17.3 Å². The van der Waals surface area contributed by atoms with Crippen LogP contribution in [0.25, 0.3) is 0 Å². The first-order chi connectivity index (χ1) is 13.2. The van der Waals surface area contributed by atoms with Crippen molar-refractivity contribution in [2.75, 3.05) is 23.8 Å². The second-order valence-corrected chi connectivity index (χ2v) is 6.39. The molecule has 3 rings (SSSR count). The molecule has 0 aliphatic carbocycles. The number of carbonyl (C=O) groups excluding carboxylic acids is 1. The average molecular weight is 360 g/mol. The van der Waals surface area contributed by atoms with Gasteiger partial charge in [0.15, 0.2) is 0 Å². The minimum absolute atomic E-state index is 0.193. The van der Waals surface area contributed by atoms with Crippen LogP contribution in [0.15, 0.2) is 67.1 Å². The molecule has 0 spiro atoms. The number of nitrogens with one attached hydrogen (secondary N) is 1. The van der Waals surface area contributed by atoms with Crippen molar-refractivity contribution in [1.82, 2.24) is 9.97 Å². The Morgan fingerprint density at radius 3 is 2.56 bits per heavy atom. The molecule has 1 aromatic carbocycles. The molecule has 0 fully saturated rings. The number of amides is 1. The van der Waals surface area contributed by atoms with Crippen LogP contribution >= 0.6 is 0 Å². The fourth-order valence-electron chi connectivity index (χ4n) is 2.86. The van der Waals surface area contributed by atoms with Gasteiger partial charge in [-0.15, -0.1) is 0 Å². The summed E-state index contributed by atoms with van der Waals surface area (Å²) in [5.74, 6) is -0.193. The van der Waals surface area contributed by atoms with Gasteiger partial charge in [-0.3, -0.25) is 9.78 Å². The standard InChI is InChI=1S/C22H24N4O/c1-3-18-6-4-5-7-20(18)25-22(27)21-9-8-19(16-24-21)26(2)15-12-17-10-13-23-14-11-17/h4-11,13-14,16H,3,12,15H2,1-2H3,(H,25,27). The van der Waals surface area contributed by atoms with Gasteiger partial charge in [0.1, 0.15) is 5.69 Å². The summed E-state index contributed by atoms with van der Waals surface area (Å²) in [6.07, 6.45) is 7.15. The highest BCUT2D eigenvalue weighted by molar-refractivity contribution is 6.03. The maximum absolute atomic E-state index is 12.5. The highest BCUT2D eigenvalue weighted by Gasteiger charge is 2.10. The van der Waals surface area contributed by atoms with Crippen LogP contribution < -0.4 is 10.2 Å². The van der Waals surface area contributed by atoms with Crippen LogP contribution in [0.1, 0.15) is 28.5 Å². The van der Waals surface area contributed by atoms with E-state index in [0.29, 0.717) is 5.69 Å². The maximum Gasteiger partial charge on any atom is 0.274 e. The van der Waals surface area contributed by atoms with Crippen molar-refractivity contribution in [2.24, 2.45) is 0 Å². The number of hydrogen-bond donors (Lipinski definition) is 1. The number of carbonyl (C=O) groups is 1. The van der Waals surface area contributed by atoms with Crippen LogP contribution in [0.2, 0.25) is 0 Å². The van der Waals surface area contributed by atoms with Gasteiger partial charge in [0.05, 0.1) is 11.9 Å². The number of aryl methyl sites for hydroxylation is 1. The van der Waals surface area contributed by atoms with E-state index in [0.717, 1.165) is 36.3 Å². The summed E-state index contributed by atoms with van der Waals surface area (Å²) < 4.78 is 0. The highest BCUT2D eigenvalue weighted by atomic mass is 16.1. The van der Waals surface area contributed by atoms with Gasteiger partial charge in [-0.25, -0.2) is 4.98 Å². The lowest BCUT2D eigenvalue weighted by molar-refractivity contribution is 0.102. The van der Waals surface area contributed by atoms with Crippen molar-refractivity contribution in [1.29, 1.82) is 0 Å². The Bertz CT molecular complexity index is 878. The van der Waals surface area contributed by atoms with Crippen molar-refractivity contribution in [3.63, 3.8) is 0 Å². The van der Waals surface area contributed by atoms with Gasteiger partial charge < -0.3 is 10.2 Å². The minimum Gasteiger partial charge on any atom is -0.373 e. The van der Waals surface area contributed by atoms with E-state index in [4.69, 9.17) is 0 Å². The van der Waals surface area contributed by atoms with Gasteiger partial charge in [0.25, 0.3) is 5.91 Å². The molecule has 3 aromatic rings. The summed E-state index contributed by atoms with van der Waals surface area (Å²) in [5.41, 5.74) is 4.58. The van der Waals surface area contributed by atoms with Gasteiger partial charge in [-0.1, -0.05) is 25.1 Å². The number of pyridine rings is 2. The number of aromatic nitrogens is 2. The predicted molar refractivity (Wildman–Crippen MR) is 109 cm³/mol. The zero-order valence-corrected chi connectivity index (χ0v) is 15.7. The van der Waals surface area contributed by atoms with Crippen molar-refractivity contribution in [3.8, 4) is 0 Å². The van der Waals surface area contributed by atoms with E-state index in [-0.39, 0.29) is 5.91 Å². The Hall–Kier alpha value is -3.21. The molecule has 5 nitrogen and oxygen atoms in total. The van der Waals surface area contributed by atoms with Gasteiger partial charge in [-0.05, 0) is 54.3 Å². The number of anilines is 2. The van der Waals surface area contributed by atoms with E-state index >= 15 is 0 Å². The third-order valence-corrected chi connectivity index (χ3v) is 4.55. The topological polar surface area (TPSA) is 58.1 Å². The predicted octanol–water partition coefficient (Wildman–Crippen LogP) is 3.97. The van der Waals surface area contributed by atoms with Crippen molar-refractivity contribution < 1.29 is 4.79 Å². The lowest BCUT2D eigenvalue weighted by Gasteiger charge is -2.19. The SMILES string of the molecule is CCc1ccccc1NC(=O)c1ccc(N(C)CCc2ccncc2)cn1. The first-order valence-electron chi connectivity index (χ1n) is 9.12. The minimum atomic E-state index is -0.193. The van der Waals surface area contributed by atoms with E-state index in [2.05, 4.69) is 27.1 Å². The summed E-state index contributed by atoms with van der Waals surface area (Å²) in [7, 11) is 2.02. The summed E-state index contributed by atoms with van der Waals surface area (Å²) in [4.78, 5) is 23.0. The molecule has 0 bridgehead atoms. The van der Waals surface area contributed by atoms with Crippen molar-refractivity contribution in [2.45, 2.75) is 19.8 Å². The van der Waals surface area contributed by atoms with Gasteiger partial charge >= 0.3 is 0 Å². The molecular formula is C22H24N4O. The lowest BCUT2D eigenvalue weighted by atomic mass is 10.1. The van der Waals surface area contributed by atoms with E-state index < -0.39 is 0 Å². The van der Waals surface area contributed by atoms with E-state index in [9.17, 15) is 4.79 Å². The van der Waals surface area contributed by atoms with E-state index in [1.54, 1.807) is 24.7 Å². The Morgan fingerprint density at radius 2 is 1.85 bits per heavy atom. The maximum atomic E-state index is 12.5. The number of hydrogen-bond acceptors (Lipinski definition) is 4. The molecule has 27 heavy (non-hydrogen) atoms. The summed E-state index contributed by atoms with van der Waals surface area (Å²) in [5, 5.41) is 2.95. The first kappa shape index (κ1) is 18.6. The summed E-state index contributed by atoms with van der Waals surface area (Å²) in [6, 6.07) is 15.6. The first-order valence-corrected chi connectivity index (χ1v) is 9.12. The number of likely N-dealkylation sites (N-methyl/N-ethyl adjacent to an activating group) is 1. The number of para-hydroxylation sites is 1. The van der Waals surface area contributed by atoms with Crippen LogP contribution in [0.4, 0.5) is 11.4 Å². The quantitative estimate of drug-likeness (QED) is 0.693. The lowest BCUT2D eigenvalue weighted by Crippen LogP contribution is -2.21. The zero-order chi connectivity index (χ0) is 19.1. The Labute approximate surface area is 160 Å². The monoisotopic (exact) mass is 360 g/mol. The molecule has 2 heterocycles. The summed E-state index contributed by atoms with van der Waals surface area (Å²) in [6.45, 7) is 2.93. The molecule has 0 radical (unpaired) electrons. The van der Waals surface area contributed by atoms with Crippen LogP contribution in [0.5, 0.6) is 0 Å². The number of nitrogens with zero attached hydrogens (tertiary/aromatic N) is 3. The molecule has 0 atom stereocenters. The molecule has 0 aliphatic rings. The Balaban J connectivity index is 1.61. The fourth-order valence-corrected chi connectivity index (χ4v) is 2.86. The molecule has 138 valence electrons. The molecular weight excluding hydrogens is 336 g/mol. The average Bonchev–Trinajstić information content (AvgIpc) is 2.73. The van der Waals surface area contributed by atoms with Crippen LogP contribution in [0, 0.1) is 0 Å². The molecule has 5 heteroatoms. The van der Waals surface area contributed by atoms with Gasteiger partial charge in [-0.2, -0.15) is 0 Å². The van der Waals surface area contributed by atoms with Crippen LogP contribution in [-0.4, -0.2) is 29.5 Å². The highest BCUT2D eigenvalue weighted by Crippen LogP contribution is 2.17. The van der Waals surface area contributed by atoms with E-state index in [1.807, 2.05) is 49.5 Å². The second-order valence-electron chi connectivity index (χ2n) is 6.39. The van der Waals surface area contributed by atoms with Crippen LogP contribution in [0.3, 0.4) is 0 Å². The largest absolute Gasteiger partial charge is 0.373 e. The van der Waals surface area contributed by atoms with Crippen LogP contribution in [-0.2, 0) is 12.8 Å². The fraction of sp³-hybridized carbons (Fsp3) is 0.227. The Kier molecular flexibility index (Phi) is 6.15. The van der Waals surface area contributed by atoms with Gasteiger partial charge in [0, 0.05) is 31.7 Å². The normalized spacial score (nSPS) is 10.4. The number of rotatable bonds is 7. The second kappa shape index (κ2) is 8.94. The molecule has 1 amide bonds. The third-order valence-electron chi connectivity index (χ3n) is 4.55. The third kappa shape index (κ3) is 4.91. The smallest absolute Gasteiger partial charge is 0.274 e. The van der Waals surface area contributed by atoms with E-state index in [1.165, 1.54) is 5.56 Å². The molecule has 0 saturated carbocycles. The molecule has 1 N–H and O–H groups in total. The Morgan fingerprint density at radius 1 is 1.07 bits per heavy atom. The molecule has 0 saturated heterocycles. The molecule has 0 unspecified atom stereocenters.